The van der Waals surface area contributed by atoms with Crippen LogP contribution in [0.25, 0.3) is 0 Å². The lowest BCUT2D eigenvalue weighted by Gasteiger charge is -1.92. The van der Waals surface area contributed by atoms with Crippen molar-refractivity contribution in [3.8, 4) is 5.06 Å². The topological polar surface area (TPSA) is 35.5 Å². The summed E-state index contributed by atoms with van der Waals surface area (Å²) in [6, 6.07) is 3.34. The van der Waals surface area contributed by atoms with Gasteiger partial charge in [-0.1, -0.05) is 17.9 Å². The number of hydrogen-bond acceptors (Lipinski definition) is 4. The highest BCUT2D eigenvalue weighted by molar-refractivity contribution is 7.15. The van der Waals surface area contributed by atoms with Gasteiger partial charge in [-0.15, -0.1) is 0 Å². The highest BCUT2D eigenvalue weighted by Crippen LogP contribution is 2.24. The van der Waals surface area contributed by atoms with E-state index in [9.17, 15) is 4.79 Å². The molecule has 0 atom stereocenters. The molecule has 4 heteroatoms. The Hall–Kier alpha value is -1.29. The van der Waals surface area contributed by atoms with E-state index in [1.165, 1.54) is 24.7 Å². The summed E-state index contributed by atoms with van der Waals surface area (Å²) in [7, 11) is 1.34. The molecule has 0 saturated carbocycles. The molecule has 1 aromatic heterocycles. The smallest absolute Gasteiger partial charge is 0.348 e. The van der Waals surface area contributed by atoms with E-state index in [-0.39, 0.29) is 5.97 Å². The second-order valence-corrected chi connectivity index (χ2v) is 2.94. The molecular weight excluding hydrogens is 176 g/mol. The third-order valence-electron chi connectivity index (χ3n) is 1.17. The minimum Gasteiger partial charge on any atom is -0.465 e. The average molecular weight is 184 g/mol. The van der Waals surface area contributed by atoms with E-state index in [0.29, 0.717) is 9.94 Å². The zero-order valence-electron chi connectivity index (χ0n) is 6.57. The number of carbonyl (C=O) groups is 1. The molecule has 0 unspecified atom stereocenters. The molecule has 0 aliphatic carbocycles. The van der Waals surface area contributed by atoms with Crippen molar-refractivity contribution in [1.82, 2.24) is 0 Å². The van der Waals surface area contributed by atoms with Gasteiger partial charge in [-0.25, -0.2) is 4.79 Å². The quantitative estimate of drug-likeness (QED) is 0.532. The number of esters is 1. The summed E-state index contributed by atoms with van der Waals surface area (Å²) in [5.74, 6) is -0.348. The Bertz CT molecular complexity index is 290. The predicted molar refractivity (Wildman–Crippen MR) is 46.5 cm³/mol. The normalized spacial score (nSPS) is 9.08. The number of hydrogen-bond donors (Lipinski definition) is 0. The maximum Gasteiger partial charge on any atom is 0.348 e. The maximum absolute atomic E-state index is 10.9. The van der Waals surface area contributed by atoms with Crippen molar-refractivity contribution in [2.75, 3.05) is 7.11 Å². The van der Waals surface area contributed by atoms with Gasteiger partial charge in [0.05, 0.1) is 13.4 Å². The summed E-state index contributed by atoms with van der Waals surface area (Å²) in [6.07, 6.45) is 1.31. The maximum atomic E-state index is 10.9. The van der Waals surface area contributed by atoms with Crippen molar-refractivity contribution >= 4 is 17.3 Å². The van der Waals surface area contributed by atoms with Crippen LogP contribution in [0.5, 0.6) is 5.06 Å². The molecule has 0 aliphatic heterocycles. The van der Waals surface area contributed by atoms with Crippen molar-refractivity contribution in [3.05, 3.63) is 29.9 Å². The van der Waals surface area contributed by atoms with Crippen molar-refractivity contribution in [3.63, 3.8) is 0 Å². The Labute approximate surface area is 74.2 Å². The van der Waals surface area contributed by atoms with Crippen LogP contribution in [-0.2, 0) is 4.74 Å². The SMILES string of the molecule is C=COc1ccc(C(=O)OC)s1. The standard InChI is InChI=1S/C8H8O3S/c1-3-11-7-5-4-6(12-7)8(9)10-2/h3-5H,1H2,2H3. The van der Waals surface area contributed by atoms with E-state index in [0.717, 1.165) is 0 Å². The molecule has 0 saturated heterocycles. The molecule has 1 aromatic rings. The summed E-state index contributed by atoms with van der Waals surface area (Å²) >= 11 is 1.22. The fraction of sp³-hybridized carbons (Fsp3) is 0.125. The molecule has 3 nitrogen and oxygen atoms in total. The van der Waals surface area contributed by atoms with Gasteiger partial charge in [0, 0.05) is 0 Å². The Balaban J connectivity index is 2.76. The van der Waals surface area contributed by atoms with E-state index >= 15 is 0 Å². The molecule has 0 fully saturated rings. The molecule has 0 aliphatic rings. The van der Waals surface area contributed by atoms with E-state index in [2.05, 4.69) is 11.3 Å². The van der Waals surface area contributed by atoms with Gasteiger partial charge in [0.25, 0.3) is 0 Å². The van der Waals surface area contributed by atoms with Gasteiger partial charge in [-0.2, -0.15) is 0 Å². The third-order valence-corrected chi connectivity index (χ3v) is 2.12. The number of ether oxygens (including phenoxy) is 2. The highest BCUT2D eigenvalue weighted by Gasteiger charge is 2.08. The van der Waals surface area contributed by atoms with Crippen LogP contribution in [0.4, 0.5) is 0 Å². The molecule has 1 rings (SSSR count). The number of carbonyl (C=O) groups excluding carboxylic acids is 1. The molecule has 0 N–H and O–H groups in total. The molecule has 0 spiro atoms. The predicted octanol–water partition coefficient (Wildman–Crippen LogP) is 2.06. The Morgan fingerprint density at radius 2 is 2.42 bits per heavy atom. The minimum absolute atomic E-state index is 0.348. The van der Waals surface area contributed by atoms with Crippen LogP contribution in [0, 0.1) is 0 Å². The zero-order chi connectivity index (χ0) is 8.97. The molecular formula is C8H8O3S. The largest absolute Gasteiger partial charge is 0.465 e. The van der Waals surface area contributed by atoms with Gasteiger partial charge < -0.3 is 9.47 Å². The first-order valence-corrected chi connectivity index (χ1v) is 4.05. The Kier molecular flexibility index (Phi) is 2.88. The van der Waals surface area contributed by atoms with Crippen molar-refractivity contribution < 1.29 is 14.3 Å². The lowest BCUT2D eigenvalue weighted by Crippen LogP contribution is -1.96. The molecule has 12 heavy (non-hydrogen) atoms. The lowest BCUT2D eigenvalue weighted by molar-refractivity contribution is 0.0606. The van der Waals surface area contributed by atoms with Crippen molar-refractivity contribution in [2.45, 2.75) is 0 Å². The van der Waals surface area contributed by atoms with Gasteiger partial charge >= 0.3 is 5.97 Å². The fourth-order valence-corrected chi connectivity index (χ4v) is 1.45. The monoisotopic (exact) mass is 184 g/mol. The molecule has 0 aromatic carbocycles. The Morgan fingerprint density at radius 3 is 3.00 bits per heavy atom. The van der Waals surface area contributed by atoms with Crippen LogP contribution < -0.4 is 4.74 Å². The summed E-state index contributed by atoms with van der Waals surface area (Å²) in [4.78, 5) is 11.5. The molecule has 1 heterocycles. The van der Waals surface area contributed by atoms with Gasteiger partial charge in [-0.05, 0) is 12.1 Å². The van der Waals surface area contributed by atoms with Crippen LogP contribution >= 0.6 is 11.3 Å². The van der Waals surface area contributed by atoms with Crippen LogP contribution in [0.1, 0.15) is 9.67 Å². The van der Waals surface area contributed by atoms with Crippen LogP contribution in [0.3, 0.4) is 0 Å². The molecule has 0 bridgehead atoms. The minimum atomic E-state index is -0.348. The van der Waals surface area contributed by atoms with Crippen LogP contribution in [-0.4, -0.2) is 13.1 Å². The van der Waals surface area contributed by atoms with Gasteiger partial charge in [0.1, 0.15) is 4.88 Å². The summed E-state index contributed by atoms with van der Waals surface area (Å²) < 4.78 is 9.47. The van der Waals surface area contributed by atoms with E-state index in [1.807, 2.05) is 0 Å². The highest BCUT2D eigenvalue weighted by atomic mass is 32.1. The first kappa shape index (κ1) is 8.80. The van der Waals surface area contributed by atoms with Crippen molar-refractivity contribution in [1.29, 1.82) is 0 Å². The lowest BCUT2D eigenvalue weighted by atomic mass is 10.5. The number of rotatable bonds is 3. The number of thiophene rings is 1. The van der Waals surface area contributed by atoms with Crippen LogP contribution in [0.15, 0.2) is 25.0 Å². The Morgan fingerprint density at radius 1 is 1.67 bits per heavy atom. The van der Waals surface area contributed by atoms with Gasteiger partial charge in [0.2, 0.25) is 0 Å². The summed E-state index contributed by atoms with van der Waals surface area (Å²) in [5.41, 5.74) is 0. The van der Waals surface area contributed by atoms with E-state index in [1.54, 1.807) is 12.1 Å². The number of methoxy groups -OCH3 is 1. The van der Waals surface area contributed by atoms with Crippen LogP contribution in [0.2, 0.25) is 0 Å². The first-order chi connectivity index (χ1) is 5.77. The van der Waals surface area contributed by atoms with E-state index in [4.69, 9.17) is 4.74 Å². The second kappa shape index (κ2) is 3.92. The van der Waals surface area contributed by atoms with E-state index < -0.39 is 0 Å². The first-order valence-electron chi connectivity index (χ1n) is 3.23. The average Bonchev–Trinajstić information content (AvgIpc) is 2.52. The molecule has 0 amide bonds. The summed E-state index contributed by atoms with van der Waals surface area (Å²) in [5, 5.41) is 0.630. The van der Waals surface area contributed by atoms with Gasteiger partial charge in [-0.3, -0.25) is 0 Å². The fourth-order valence-electron chi connectivity index (χ4n) is 0.676. The zero-order valence-corrected chi connectivity index (χ0v) is 7.39. The summed E-state index contributed by atoms with van der Waals surface area (Å²) in [6.45, 7) is 3.40. The second-order valence-electron chi connectivity index (χ2n) is 1.89. The molecule has 64 valence electrons. The third kappa shape index (κ3) is 1.85. The van der Waals surface area contributed by atoms with Gasteiger partial charge in [0.15, 0.2) is 5.06 Å². The van der Waals surface area contributed by atoms with Crippen molar-refractivity contribution in [2.24, 2.45) is 0 Å². The molecule has 0 radical (unpaired) electrons.